The summed E-state index contributed by atoms with van der Waals surface area (Å²) in [5.74, 6) is 5.10. The van der Waals surface area contributed by atoms with Gasteiger partial charge in [-0.1, -0.05) is 0 Å². The van der Waals surface area contributed by atoms with Gasteiger partial charge in [0.15, 0.2) is 0 Å². The van der Waals surface area contributed by atoms with E-state index in [1.54, 1.807) is 41.5 Å². The van der Waals surface area contributed by atoms with Crippen molar-refractivity contribution in [1.82, 2.24) is 10.3 Å². The molecule has 1 unspecified atom stereocenters. The van der Waals surface area contributed by atoms with Gasteiger partial charge in [-0.3, -0.25) is 5.84 Å². The van der Waals surface area contributed by atoms with E-state index in [0.29, 0.717) is 19.4 Å². The van der Waals surface area contributed by atoms with Gasteiger partial charge in [0.1, 0.15) is 23.5 Å². The highest BCUT2D eigenvalue weighted by atomic mass is 16.6. The maximum Gasteiger partial charge on any atom is 0.408 e. The van der Waals surface area contributed by atoms with E-state index < -0.39 is 35.5 Å². The normalized spacial score (nSPS) is 23.7. The van der Waals surface area contributed by atoms with Crippen LogP contribution in [-0.2, 0) is 14.3 Å². The monoisotopic (exact) mass is 345 g/mol. The topological polar surface area (TPSA) is 114 Å². The molecule has 0 aliphatic carbocycles. The van der Waals surface area contributed by atoms with Crippen LogP contribution >= 0.6 is 0 Å². The molecular formula is C16H31N3O5. The molecule has 1 saturated heterocycles. The minimum Gasteiger partial charge on any atom is -0.458 e. The van der Waals surface area contributed by atoms with Crippen LogP contribution in [0.3, 0.4) is 0 Å². The van der Waals surface area contributed by atoms with Crippen molar-refractivity contribution in [2.45, 2.75) is 77.9 Å². The molecule has 1 rings (SSSR count). The van der Waals surface area contributed by atoms with Gasteiger partial charge in [-0.15, -0.1) is 0 Å². The van der Waals surface area contributed by atoms with Gasteiger partial charge in [-0.2, -0.15) is 0 Å². The Morgan fingerprint density at radius 2 is 1.75 bits per heavy atom. The number of aliphatic hydroxyl groups excluding tert-OH is 1. The zero-order valence-electron chi connectivity index (χ0n) is 15.5. The highest BCUT2D eigenvalue weighted by Crippen LogP contribution is 2.24. The lowest BCUT2D eigenvalue weighted by atomic mass is 9.98. The first-order valence-corrected chi connectivity index (χ1v) is 8.18. The molecule has 8 heteroatoms. The van der Waals surface area contributed by atoms with E-state index in [2.05, 4.69) is 5.32 Å². The lowest BCUT2D eigenvalue weighted by Gasteiger charge is -2.27. The number of rotatable bonds is 4. The summed E-state index contributed by atoms with van der Waals surface area (Å²) in [7, 11) is 0. The maximum atomic E-state index is 12.4. The van der Waals surface area contributed by atoms with Gasteiger partial charge in [0.05, 0.1) is 0 Å². The standard InChI is InChI=1S/C16H31N3O5/c1-15(2,3)23-13(21)11(18-14(22)24-16(4,5)6)7-10-8-12(20)19(17)9-10/h10-12,20H,7-9,17H2,1-6H3,(H,18,22)/t10-,11-,12?/m0/s1. The van der Waals surface area contributed by atoms with E-state index in [-0.39, 0.29) is 5.92 Å². The van der Waals surface area contributed by atoms with E-state index >= 15 is 0 Å². The molecule has 3 atom stereocenters. The van der Waals surface area contributed by atoms with Crippen LogP contribution in [0, 0.1) is 5.92 Å². The number of hydrogen-bond acceptors (Lipinski definition) is 7. The number of amides is 1. The molecular weight excluding hydrogens is 314 g/mol. The molecule has 0 saturated carbocycles. The Kier molecular flexibility index (Phi) is 6.60. The molecule has 140 valence electrons. The number of nitrogens with zero attached hydrogens (tertiary/aromatic N) is 1. The number of esters is 1. The summed E-state index contributed by atoms with van der Waals surface area (Å²) < 4.78 is 10.6. The second-order valence-corrected chi connectivity index (χ2v) is 8.25. The van der Waals surface area contributed by atoms with E-state index in [1.807, 2.05) is 0 Å². The van der Waals surface area contributed by atoms with Gasteiger partial charge < -0.3 is 19.9 Å². The van der Waals surface area contributed by atoms with Gasteiger partial charge in [0.25, 0.3) is 0 Å². The fraction of sp³-hybridized carbons (Fsp3) is 0.875. The smallest absolute Gasteiger partial charge is 0.408 e. The van der Waals surface area contributed by atoms with Crippen LogP contribution in [0.2, 0.25) is 0 Å². The predicted molar refractivity (Wildman–Crippen MR) is 88.6 cm³/mol. The van der Waals surface area contributed by atoms with Crippen molar-refractivity contribution in [3.05, 3.63) is 0 Å². The molecule has 1 fully saturated rings. The first-order valence-electron chi connectivity index (χ1n) is 8.18. The van der Waals surface area contributed by atoms with E-state index in [0.717, 1.165) is 0 Å². The number of aliphatic hydroxyl groups is 1. The second-order valence-electron chi connectivity index (χ2n) is 8.25. The summed E-state index contributed by atoms with van der Waals surface area (Å²) in [5, 5.41) is 13.6. The average molecular weight is 345 g/mol. The average Bonchev–Trinajstić information content (AvgIpc) is 2.62. The first-order chi connectivity index (χ1) is 10.8. The van der Waals surface area contributed by atoms with Crippen molar-refractivity contribution in [2.75, 3.05) is 6.54 Å². The molecule has 1 heterocycles. The van der Waals surface area contributed by atoms with Crippen LogP contribution < -0.4 is 11.2 Å². The molecule has 0 bridgehead atoms. The number of nitrogens with one attached hydrogen (secondary N) is 1. The van der Waals surface area contributed by atoms with Crippen LogP contribution in [0.5, 0.6) is 0 Å². The highest BCUT2D eigenvalue weighted by Gasteiger charge is 2.35. The number of alkyl carbamates (subject to hydrolysis) is 1. The van der Waals surface area contributed by atoms with E-state index in [1.165, 1.54) is 5.01 Å². The quantitative estimate of drug-likeness (QED) is 0.517. The minimum absolute atomic E-state index is 0.0301. The van der Waals surface area contributed by atoms with Crippen LogP contribution in [0.25, 0.3) is 0 Å². The van der Waals surface area contributed by atoms with Gasteiger partial charge in [-0.05, 0) is 60.3 Å². The minimum atomic E-state index is -0.859. The molecule has 0 spiro atoms. The fourth-order valence-electron chi connectivity index (χ4n) is 2.47. The Morgan fingerprint density at radius 1 is 1.21 bits per heavy atom. The molecule has 1 aliphatic rings. The van der Waals surface area contributed by atoms with Crippen molar-refractivity contribution in [2.24, 2.45) is 11.8 Å². The molecule has 0 aromatic carbocycles. The molecule has 8 nitrogen and oxygen atoms in total. The Balaban J connectivity index is 2.75. The summed E-state index contributed by atoms with van der Waals surface area (Å²) >= 11 is 0. The number of hydrazine groups is 1. The van der Waals surface area contributed by atoms with Gasteiger partial charge in [0, 0.05) is 6.54 Å². The highest BCUT2D eigenvalue weighted by molar-refractivity contribution is 5.81. The maximum absolute atomic E-state index is 12.4. The van der Waals surface area contributed by atoms with Crippen LogP contribution in [0.4, 0.5) is 4.79 Å². The van der Waals surface area contributed by atoms with Crippen LogP contribution in [-0.4, -0.2) is 52.2 Å². The Bertz CT molecular complexity index is 446. The summed E-state index contributed by atoms with van der Waals surface area (Å²) in [6, 6.07) is -0.859. The van der Waals surface area contributed by atoms with Gasteiger partial charge in [0.2, 0.25) is 0 Å². The third-order valence-corrected chi connectivity index (χ3v) is 3.35. The SMILES string of the molecule is CC(C)(C)OC(=O)N[C@@H](C[C@H]1CC(O)N(N)C1)C(=O)OC(C)(C)C. The molecule has 1 amide bonds. The fourth-order valence-corrected chi connectivity index (χ4v) is 2.47. The molecule has 4 N–H and O–H groups in total. The van der Waals surface area contributed by atoms with E-state index in [4.69, 9.17) is 15.3 Å². The summed E-state index contributed by atoms with van der Waals surface area (Å²) in [6.45, 7) is 11.0. The Morgan fingerprint density at radius 3 is 2.17 bits per heavy atom. The number of carbonyl (C=O) groups excluding carboxylic acids is 2. The molecule has 0 aromatic rings. The number of ether oxygens (including phenoxy) is 2. The zero-order chi connectivity index (χ0) is 18.7. The molecule has 0 aromatic heterocycles. The number of carbonyl (C=O) groups is 2. The van der Waals surface area contributed by atoms with Gasteiger partial charge in [-0.25, -0.2) is 14.6 Å². The summed E-state index contributed by atoms with van der Waals surface area (Å²) in [4.78, 5) is 24.4. The third kappa shape index (κ3) is 7.46. The van der Waals surface area contributed by atoms with Crippen LogP contribution in [0.15, 0.2) is 0 Å². The Hall–Kier alpha value is -1.38. The van der Waals surface area contributed by atoms with E-state index in [9.17, 15) is 14.7 Å². The van der Waals surface area contributed by atoms with Crippen molar-refractivity contribution in [3.63, 3.8) is 0 Å². The third-order valence-electron chi connectivity index (χ3n) is 3.35. The van der Waals surface area contributed by atoms with Gasteiger partial charge >= 0.3 is 12.1 Å². The predicted octanol–water partition coefficient (Wildman–Crippen LogP) is 1.13. The van der Waals surface area contributed by atoms with Crippen molar-refractivity contribution >= 4 is 12.1 Å². The van der Waals surface area contributed by atoms with Crippen molar-refractivity contribution in [3.8, 4) is 0 Å². The largest absolute Gasteiger partial charge is 0.458 e. The summed E-state index contributed by atoms with van der Waals surface area (Å²) in [6.07, 6.45) is -0.664. The summed E-state index contributed by atoms with van der Waals surface area (Å²) in [5.41, 5.74) is -1.33. The molecule has 0 radical (unpaired) electrons. The first kappa shape index (κ1) is 20.7. The van der Waals surface area contributed by atoms with Crippen molar-refractivity contribution in [1.29, 1.82) is 0 Å². The number of nitrogens with two attached hydrogens (primary N) is 1. The Labute approximate surface area is 143 Å². The lowest BCUT2D eigenvalue weighted by Crippen LogP contribution is -2.47. The number of hydrogen-bond donors (Lipinski definition) is 3. The lowest BCUT2D eigenvalue weighted by molar-refractivity contribution is -0.158. The van der Waals surface area contributed by atoms with Crippen molar-refractivity contribution < 1.29 is 24.2 Å². The zero-order valence-corrected chi connectivity index (χ0v) is 15.5. The molecule has 1 aliphatic heterocycles. The molecule has 24 heavy (non-hydrogen) atoms. The second kappa shape index (κ2) is 7.67. The van der Waals surface area contributed by atoms with Crippen LogP contribution in [0.1, 0.15) is 54.4 Å².